The number of hydrogen-bond donors (Lipinski definition) is 2. The number of aliphatic hydroxyl groups excluding tert-OH is 1. The van der Waals surface area contributed by atoms with Gasteiger partial charge in [-0.2, -0.15) is 0 Å². The Morgan fingerprint density at radius 2 is 1.13 bits per heavy atom. The van der Waals surface area contributed by atoms with Gasteiger partial charge >= 0.3 is 47.2 Å². The van der Waals surface area contributed by atoms with Gasteiger partial charge < -0.3 is 47.1 Å². The molecule has 18 nitrogen and oxygen atoms in total. The number of esters is 3. The van der Waals surface area contributed by atoms with Crippen LogP contribution in [-0.2, 0) is 55.8 Å². The van der Waals surface area contributed by atoms with Gasteiger partial charge in [-0.05, 0) is 58.8 Å². The third-order valence-corrected chi connectivity index (χ3v) is 12.7. The summed E-state index contributed by atoms with van der Waals surface area (Å²) in [6, 6.07) is 0.654. The zero-order chi connectivity index (χ0) is 41.5. The molecular formula is C33H59N3O15Si2. The number of rotatable bonds is 23. The lowest BCUT2D eigenvalue weighted by atomic mass is 10.4. The average molecular weight is 794 g/mol. The fraction of sp³-hybridized carbons (Fsp3) is 0.636. The summed E-state index contributed by atoms with van der Waals surface area (Å²) in [4.78, 5) is 71.9. The second-order valence-electron chi connectivity index (χ2n) is 11.2. The maximum Gasteiger partial charge on any atom is 0.418 e. The molecule has 20 heteroatoms. The van der Waals surface area contributed by atoms with Crippen LogP contribution in [0.25, 0.3) is 0 Å². The number of isocyanates is 1. The van der Waals surface area contributed by atoms with Crippen LogP contribution in [-0.4, -0.2) is 144 Å². The number of aliphatic imine (C=N–C) groups is 1. The number of amides is 3. The van der Waals surface area contributed by atoms with Crippen LogP contribution in [0, 0.1) is 0 Å². The monoisotopic (exact) mass is 793 g/mol. The smallest absolute Gasteiger partial charge is 0.418 e. The molecule has 0 fully saturated rings. The second kappa shape index (κ2) is 31.5. The first-order chi connectivity index (χ1) is 24.8. The molecule has 0 atom stereocenters. The van der Waals surface area contributed by atoms with E-state index in [1.807, 2.05) is 13.1 Å². The van der Waals surface area contributed by atoms with E-state index in [4.69, 9.17) is 37.0 Å². The molecule has 0 unspecified atom stereocenters. The van der Waals surface area contributed by atoms with Crippen molar-refractivity contribution in [2.24, 2.45) is 4.99 Å². The molecular weight excluding hydrogens is 735 g/mol. The Bertz CT molecular complexity index is 1220. The zero-order valence-electron chi connectivity index (χ0n) is 32.7. The van der Waals surface area contributed by atoms with E-state index in [-0.39, 0.29) is 63.8 Å². The van der Waals surface area contributed by atoms with Crippen molar-refractivity contribution in [3.8, 4) is 0 Å². The fourth-order valence-electron chi connectivity index (χ4n) is 3.11. The molecule has 0 rings (SSSR count). The van der Waals surface area contributed by atoms with Gasteiger partial charge in [-0.1, -0.05) is 19.7 Å². The maximum atomic E-state index is 12.4. The largest absolute Gasteiger partial charge is 0.460 e. The van der Waals surface area contributed by atoms with Gasteiger partial charge in [0.15, 0.2) is 0 Å². The highest BCUT2D eigenvalue weighted by molar-refractivity contribution is 6.66. The zero-order valence-corrected chi connectivity index (χ0v) is 34.7. The van der Waals surface area contributed by atoms with Crippen molar-refractivity contribution in [1.29, 1.82) is 0 Å². The maximum absolute atomic E-state index is 12.4. The van der Waals surface area contributed by atoms with Gasteiger partial charge in [-0.15, -0.1) is 0 Å². The normalized spacial score (nSPS) is 10.4. The summed E-state index contributed by atoms with van der Waals surface area (Å²) in [5, 5.41) is 11.0. The summed E-state index contributed by atoms with van der Waals surface area (Å²) in [7, 11) is 2.27. The van der Waals surface area contributed by atoms with Gasteiger partial charge in [0.05, 0.1) is 26.2 Å². The van der Waals surface area contributed by atoms with E-state index in [0.717, 1.165) is 17.4 Å². The van der Waals surface area contributed by atoms with Crippen molar-refractivity contribution < 1.29 is 70.5 Å². The quantitative estimate of drug-likeness (QED) is 0.0288. The first kappa shape index (κ1) is 53.3. The molecule has 304 valence electrons. The predicted octanol–water partition coefficient (Wildman–Crippen LogP) is 3.30. The second-order valence-corrected chi connectivity index (χ2v) is 18.4. The molecule has 0 aliphatic heterocycles. The van der Waals surface area contributed by atoms with Crippen LogP contribution in [0.1, 0.15) is 33.6 Å². The van der Waals surface area contributed by atoms with Crippen molar-refractivity contribution in [1.82, 2.24) is 10.2 Å². The highest BCUT2D eigenvalue weighted by Gasteiger charge is 2.29. The Kier molecular flexibility index (Phi) is 31.7. The van der Waals surface area contributed by atoms with Crippen LogP contribution in [0.5, 0.6) is 0 Å². The molecule has 53 heavy (non-hydrogen) atoms. The van der Waals surface area contributed by atoms with Gasteiger partial charge in [0.2, 0.25) is 6.08 Å². The van der Waals surface area contributed by atoms with Gasteiger partial charge in [-0.25, -0.2) is 38.7 Å². The van der Waals surface area contributed by atoms with E-state index in [2.05, 4.69) is 34.8 Å². The number of aliphatic hydroxyl groups is 1. The molecule has 2 N–H and O–H groups in total. The van der Waals surface area contributed by atoms with Gasteiger partial charge in [0.1, 0.15) is 19.8 Å². The number of carbonyl (C=O) groups excluding carboxylic acids is 6. The molecule has 0 aliphatic rings. The van der Waals surface area contributed by atoms with Crippen molar-refractivity contribution in [2.45, 2.75) is 58.8 Å². The highest BCUT2D eigenvalue weighted by Crippen LogP contribution is 2.14. The number of carbonyl (C=O) groups is 5. The lowest BCUT2D eigenvalue weighted by Crippen LogP contribution is -2.47. The molecule has 3 amide bonds. The molecule has 0 radical (unpaired) electrons. The number of imide groups is 1. The average Bonchev–Trinajstić information content (AvgIpc) is 3.14. The molecule has 0 saturated heterocycles. The van der Waals surface area contributed by atoms with Crippen LogP contribution in [0.4, 0.5) is 9.59 Å². The summed E-state index contributed by atoms with van der Waals surface area (Å²) in [6.07, 6.45) is 1.67. The van der Waals surface area contributed by atoms with Crippen molar-refractivity contribution in [3.05, 3.63) is 36.5 Å². The highest BCUT2D eigenvalue weighted by atomic mass is 28.4. The number of urea groups is 1. The number of nitrogens with one attached hydrogen (secondary N) is 1. The lowest BCUT2D eigenvalue weighted by Gasteiger charge is -2.23. The van der Waals surface area contributed by atoms with E-state index in [1.165, 1.54) is 19.9 Å². The minimum absolute atomic E-state index is 0.0414. The minimum atomic E-state index is -2.30. The molecule has 0 heterocycles. The van der Waals surface area contributed by atoms with Crippen LogP contribution in [0.15, 0.2) is 41.4 Å². The Balaban J connectivity index is -0.000000962. The topological polar surface area (TPSA) is 224 Å². The Morgan fingerprint density at radius 1 is 0.698 bits per heavy atom. The third kappa shape index (κ3) is 28.2. The van der Waals surface area contributed by atoms with E-state index in [0.29, 0.717) is 18.0 Å². The molecule has 0 aromatic rings. The summed E-state index contributed by atoms with van der Waals surface area (Å²) >= 11 is 0. The molecule has 0 bridgehead atoms. The number of ether oxygens (including phenoxy) is 4. The van der Waals surface area contributed by atoms with Crippen LogP contribution >= 0.6 is 0 Å². The summed E-state index contributed by atoms with van der Waals surface area (Å²) in [6.45, 7) is 18.6. The molecule has 0 aromatic carbocycles. The third-order valence-electron chi connectivity index (χ3n) is 6.69. The molecule has 0 aromatic heterocycles. The summed E-state index contributed by atoms with van der Waals surface area (Å²) in [5.41, 5.74) is 0.744. The summed E-state index contributed by atoms with van der Waals surface area (Å²) in [5.74, 6) is -1.70. The van der Waals surface area contributed by atoms with Gasteiger partial charge in [0.25, 0.3) is 0 Å². The Labute approximate surface area is 314 Å². The van der Waals surface area contributed by atoms with E-state index in [1.54, 1.807) is 35.4 Å². The number of hydrogen-bond acceptors (Lipinski definition) is 16. The fourth-order valence-corrected chi connectivity index (χ4v) is 5.84. The first-order valence-corrected chi connectivity index (χ1v) is 21.4. The van der Waals surface area contributed by atoms with E-state index < -0.39 is 47.2 Å². The Hall–Kier alpha value is -4.02. The van der Waals surface area contributed by atoms with E-state index >= 15 is 0 Å². The lowest BCUT2D eigenvalue weighted by molar-refractivity contribution is -0.139. The van der Waals surface area contributed by atoms with Crippen LogP contribution < -0.4 is 5.32 Å². The van der Waals surface area contributed by atoms with Crippen LogP contribution in [0.3, 0.4) is 0 Å². The Morgan fingerprint density at radius 3 is 1.55 bits per heavy atom. The van der Waals surface area contributed by atoms with Gasteiger partial charge in [-0.3, -0.25) is 0 Å². The van der Waals surface area contributed by atoms with Crippen LogP contribution in [0.2, 0.25) is 25.2 Å². The molecule has 0 spiro atoms. The predicted molar refractivity (Wildman–Crippen MR) is 199 cm³/mol. The van der Waals surface area contributed by atoms with Gasteiger partial charge in [0, 0.05) is 51.8 Å². The first-order valence-electron chi connectivity index (χ1n) is 16.4. The molecule has 0 aliphatic carbocycles. The molecule has 0 saturated carbocycles. The van der Waals surface area contributed by atoms with Crippen molar-refractivity contribution >= 4 is 53.2 Å². The SMILES string of the molecule is C=C(C)C(=O)OCCN=C=O.C=C(C)C(=O)OCCNC(=O)N(CCOC(=O)C(=C)C)C(=O)OCCC[Si](C)(OC)OC.CO[Si](C)(CCCO)OC. The standard InChI is InChI=1S/C20H34N2O9Si.C7H9NO3.C6H16O3Si/c1-15(2)17(23)29-12-9-21-19(25)22(10-13-30-18(24)16(3)4)20(26)31-11-8-14-32(7,27-5)28-6;1-6(2)7(10)11-4-3-8-5-9;1-8-10(3,9-2)6-4-5-7/h1,3,8-14H2,2,4-7H3,(H,21,25);1,3-4H2,2H3;7H,4-6H2,1-3H3. The minimum Gasteiger partial charge on any atom is -0.460 e. The van der Waals surface area contributed by atoms with Crippen molar-refractivity contribution in [2.75, 3.05) is 81.1 Å². The van der Waals surface area contributed by atoms with Crippen molar-refractivity contribution in [3.63, 3.8) is 0 Å². The summed E-state index contributed by atoms with van der Waals surface area (Å²) < 4.78 is 40.7. The van der Waals surface area contributed by atoms with E-state index in [9.17, 15) is 28.8 Å². The number of nitrogens with zero attached hydrogens (tertiary/aromatic N) is 2.